The monoisotopic (exact) mass is 315 g/mol. The summed E-state index contributed by atoms with van der Waals surface area (Å²) in [7, 11) is 1.62. The molecular weight excluding hydrogens is 294 g/mol. The summed E-state index contributed by atoms with van der Waals surface area (Å²) < 4.78 is 5.28. The van der Waals surface area contributed by atoms with Gasteiger partial charge in [-0.25, -0.2) is 0 Å². The van der Waals surface area contributed by atoms with Gasteiger partial charge >= 0.3 is 0 Å². The fraction of sp³-hybridized carbons (Fsp3) is 0.278. The average Bonchev–Trinajstić information content (AvgIpc) is 2.55. The number of carbonyl (C=O) groups is 1. The Balaban J connectivity index is 1.98. The molecule has 2 aromatic carbocycles. The minimum atomic E-state index is -0.0156. The van der Waals surface area contributed by atoms with Crippen molar-refractivity contribution in [2.45, 2.75) is 24.3 Å². The molecule has 4 heteroatoms. The molecule has 0 spiro atoms. The lowest BCUT2D eigenvalue weighted by Crippen LogP contribution is -2.28. The van der Waals surface area contributed by atoms with Gasteiger partial charge < -0.3 is 10.1 Å². The average molecular weight is 315 g/mol. The van der Waals surface area contributed by atoms with Crippen LogP contribution in [0.4, 0.5) is 0 Å². The lowest BCUT2D eigenvalue weighted by atomic mass is 10.1. The maximum absolute atomic E-state index is 12.2. The van der Waals surface area contributed by atoms with Gasteiger partial charge in [0.2, 0.25) is 5.91 Å². The van der Waals surface area contributed by atoms with Crippen molar-refractivity contribution in [3.63, 3.8) is 0 Å². The minimum Gasteiger partial charge on any atom is -0.496 e. The van der Waals surface area contributed by atoms with E-state index in [9.17, 15) is 4.79 Å². The predicted molar refractivity (Wildman–Crippen MR) is 91.5 cm³/mol. The van der Waals surface area contributed by atoms with Crippen LogP contribution in [0.25, 0.3) is 0 Å². The highest BCUT2D eigenvalue weighted by Crippen LogP contribution is 2.20. The molecule has 0 saturated carbocycles. The highest BCUT2D eigenvalue weighted by atomic mass is 32.2. The Morgan fingerprint density at radius 1 is 1.18 bits per heavy atom. The molecule has 0 aliphatic rings. The standard InChI is InChI=1S/C18H21NO2S/c1-13(14-8-10-16(22-3)11-9-14)19-18(20)12-15-6-4-5-7-17(15)21-2/h4-11,13H,12H2,1-3H3,(H,19,20). The van der Waals surface area contributed by atoms with Crippen LogP contribution >= 0.6 is 11.8 Å². The number of rotatable bonds is 6. The zero-order valence-corrected chi connectivity index (χ0v) is 13.9. The maximum Gasteiger partial charge on any atom is 0.225 e. The summed E-state index contributed by atoms with van der Waals surface area (Å²) in [4.78, 5) is 13.4. The van der Waals surface area contributed by atoms with Gasteiger partial charge in [0.1, 0.15) is 5.75 Å². The van der Waals surface area contributed by atoms with Crippen molar-refractivity contribution in [1.82, 2.24) is 5.32 Å². The van der Waals surface area contributed by atoms with E-state index in [2.05, 4.69) is 29.6 Å². The predicted octanol–water partition coefficient (Wildman–Crippen LogP) is 3.84. The van der Waals surface area contributed by atoms with Crippen molar-refractivity contribution in [2.75, 3.05) is 13.4 Å². The number of ether oxygens (including phenoxy) is 1. The highest BCUT2D eigenvalue weighted by Gasteiger charge is 2.12. The zero-order chi connectivity index (χ0) is 15.9. The first kappa shape index (κ1) is 16.4. The minimum absolute atomic E-state index is 0.00839. The van der Waals surface area contributed by atoms with Crippen LogP contribution in [0.3, 0.4) is 0 Å². The normalized spacial score (nSPS) is 11.8. The second kappa shape index (κ2) is 7.90. The van der Waals surface area contributed by atoms with Gasteiger partial charge in [0.25, 0.3) is 0 Å². The molecule has 0 aliphatic carbocycles. The molecule has 0 aromatic heterocycles. The molecule has 0 aliphatic heterocycles. The largest absolute Gasteiger partial charge is 0.496 e. The molecule has 0 bridgehead atoms. The number of methoxy groups -OCH3 is 1. The molecule has 116 valence electrons. The van der Waals surface area contributed by atoms with Gasteiger partial charge in [0.15, 0.2) is 0 Å². The number of hydrogen-bond acceptors (Lipinski definition) is 3. The molecule has 22 heavy (non-hydrogen) atoms. The van der Waals surface area contributed by atoms with Crippen LogP contribution in [-0.2, 0) is 11.2 Å². The molecule has 0 saturated heterocycles. The van der Waals surface area contributed by atoms with Crippen molar-refractivity contribution in [3.8, 4) is 5.75 Å². The van der Waals surface area contributed by atoms with E-state index in [1.807, 2.05) is 37.4 Å². The third kappa shape index (κ3) is 4.28. The first-order valence-corrected chi connectivity index (χ1v) is 8.41. The second-order valence-corrected chi connectivity index (χ2v) is 5.93. The Morgan fingerprint density at radius 2 is 1.86 bits per heavy atom. The van der Waals surface area contributed by atoms with Crippen molar-refractivity contribution >= 4 is 17.7 Å². The van der Waals surface area contributed by atoms with E-state index in [0.717, 1.165) is 16.9 Å². The Kier molecular flexibility index (Phi) is 5.90. The van der Waals surface area contributed by atoms with E-state index in [-0.39, 0.29) is 11.9 Å². The van der Waals surface area contributed by atoms with Crippen molar-refractivity contribution in [2.24, 2.45) is 0 Å². The summed E-state index contributed by atoms with van der Waals surface area (Å²) in [6.45, 7) is 1.99. The van der Waals surface area contributed by atoms with Crippen molar-refractivity contribution in [3.05, 3.63) is 59.7 Å². The third-order valence-corrected chi connectivity index (χ3v) is 4.28. The Morgan fingerprint density at radius 3 is 2.50 bits per heavy atom. The van der Waals surface area contributed by atoms with Gasteiger partial charge in [0.05, 0.1) is 19.6 Å². The number of carbonyl (C=O) groups excluding carboxylic acids is 1. The zero-order valence-electron chi connectivity index (χ0n) is 13.1. The van der Waals surface area contributed by atoms with Crippen LogP contribution in [0.15, 0.2) is 53.4 Å². The number of hydrogen-bond donors (Lipinski definition) is 1. The molecule has 1 atom stereocenters. The molecule has 1 amide bonds. The molecule has 2 aromatic rings. The topological polar surface area (TPSA) is 38.3 Å². The molecular formula is C18H21NO2S. The van der Waals surface area contributed by atoms with Crippen LogP contribution < -0.4 is 10.1 Å². The second-order valence-electron chi connectivity index (χ2n) is 5.05. The molecule has 0 fully saturated rings. The third-order valence-electron chi connectivity index (χ3n) is 3.54. The molecule has 1 N–H and O–H groups in total. The van der Waals surface area contributed by atoms with Crippen LogP contribution in [0.5, 0.6) is 5.75 Å². The van der Waals surface area contributed by atoms with Gasteiger partial charge in [-0.3, -0.25) is 4.79 Å². The molecule has 2 rings (SSSR count). The van der Waals surface area contributed by atoms with Crippen LogP contribution in [0.1, 0.15) is 24.1 Å². The summed E-state index contributed by atoms with van der Waals surface area (Å²) in [5.74, 6) is 0.737. The van der Waals surface area contributed by atoms with E-state index >= 15 is 0 Å². The van der Waals surface area contributed by atoms with Gasteiger partial charge in [-0.2, -0.15) is 0 Å². The highest BCUT2D eigenvalue weighted by molar-refractivity contribution is 7.98. The van der Waals surface area contributed by atoms with E-state index in [0.29, 0.717) is 6.42 Å². The smallest absolute Gasteiger partial charge is 0.225 e. The lowest BCUT2D eigenvalue weighted by molar-refractivity contribution is -0.121. The van der Waals surface area contributed by atoms with E-state index < -0.39 is 0 Å². The quantitative estimate of drug-likeness (QED) is 0.823. The van der Waals surface area contributed by atoms with Gasteiger partial charge in [-0.15, -0.1) is 11.8 Å². The maximum atomic E-state index is 12.2. The molecule has 0 radical (unpaired) electrons. The van der Waals surface area contributed by atoms with Gasteiger partial charge in [0, 0.05) is 10.5 Å². The van der Waals surface area contributed by atoms with Crippen LogP contribution in [0, 0.1) is 0 Å². The van der Waals surface area contributed by atoms with Crippen LogP contribution in [-0.4, -0.2) is 19.3 Å². The summed E-state index contributed by atoms with van der Waals surface area (Å²) in [5.41, 5.74) is 2.00. The number of benzene rings is 2. The fourth-order valence-corrected chi connectivity index (χ4v) is 2.70. The Bertz CT molecular complexity index is 625. The summed E-state index contributed by atoms with van der Waals surface area (Å²) in [6, 6.07) is 15.8. The first-order chi connectivity index (χ1) is 10.6. The number of thioether (sulfide) groups is 1. The Hall–Kier alpha value is -1.94. The summed E-state index contributed by atoms with van der Waals surface area (Å²) in [6.07, 6.45) is 2.37. The van der Waals surface area contributed by atoms with E-state index in [1.165, 1.54) is 4.90 Å². The number of nitrogens with one attached hydrogen (secondary N) is 1. The number of para-hydroxylation sites is 1. The van der Waals surface area contributed by atoms with E-state index in [1.54, 1.807) is 18.9 Å². The first-order valence-electron chi connectivity index (χ1n) is 7.19. The Labute approximate surface area is 136 Å². The summed E-state index contributed by atoms with van der Waals surface area (Å²) in [5, 5.41) is 3.03. The number of amides is 1. The molecule has 1 unspecified atom stereocenters. The SMILES string of the molecule is COc1ccccc1CC(=O)NC(C)c1ccc(SC)cc1. The molecule has 3 nitrogen and oxygen atoms in total. The fourth-order valence-electron chi connectivity index (χ4n) is 2.29. The van der Waals surface area contributed by atoms with E-state index in [4.69, 9.17) is 4.74 Å². The van der Waals surface area contributed by atoms with Crippen molar-refractivity contribution < 1.29 is 9.53 Å². The van der Waals surface area contributed by atoms with Gasteiger partial charge in [-0.1, -0.05) is 30.3 Å². The van der Waals surface area contributed by atoms with Crippen LogP contribution in [0.2, 0.25) is 0 Å². The van der Waals surface area contributed by atoms with Crippen molar-refractivity contribution in [1.29, 1.82) is 0 Å². The molecule has 0 heterocycles. The summed E-state index contributed by atoms with van der Waals surface area (Å²) >= 11 is 1.71. The van der Waals surface area contributed by atoms with Gasteiger partial charge in [-0.05, 0) is 36.9 Å². The lowest BCUT2D eigenvalue weighted by Gasteiger charge is -2.15.